The third-order valence-corrected chi connectivity index (χ3v) is 4.03. The summed E-state index contributed by atoms with van der Waals surface area (Å²) in [5.74, 6) is 0. The Morgan fingerprint density at radius 1 is 0.846 bits per heavy atom. The van der Waals surface area contributed by atoms with Gasteiger partial charge in [0.15, 0.2) is 0 Å². The fourth-order valence-electron chi connectivity index (χ4n) is 2.62. The van der Waals surface area contributed by atoms with Crippen molar-refractivity contribution in [3.8, 4) is 5.69 Å². The van der Waals surface area contributed by atoms with Crippen LogP contribution in [-0.2, 0) is 0 Å². The van der Waals surface area contributed by atoms with Gasteiger partial charge < -0.3 is 0 Å². The molecule has 0 aliphatic rings. The lowest BCUT2D eigenvalue weighted by molar-refractivity contribution is 0.765. The molecule has 0 aliphatic heterocycles. The van der Waals surface area contributed by atoms with Gasteiger partial charge in [-0.15, -0.1) is 10.2 Å². The molecule has 0 saturated heterocycles. The van der Waals surface area contributed by atoms with E-state index in [1.807, 2.05) is 60.7 Å². The zero-order valence-electron chi connectivity index (χ0n) is 14.4. The van der Waals surface area contributed by atoms with Crippen LogP contribution in [0, 0.1) is 6.92 Å². The molecule has 0 unspecified atom stereocenters. The molecule has 0 N–H and O–H groups in total. The Hall–Kier alpha value is -3.53. The number of aliphatic imine (C=N–C) groups is 1. The van der Waals surface area contributed by atoms with Gasteiger partial charge in [0.05, 0.1) is 11.4 Å². The van der Waals surface area contributed by atoms with Crippen LogP contribution in [-0.4, -0.2) is 21.2 Å². The van der Waals surface area contributed by atoms with E-state index in [4.69, 9.17) is 0 Å². The Morgan fingerprint density at radius 3 is 2.42 bits per heavy atom. The van der Waals surface area contributed by atoms with Crippen LogP contribution in [0.3, 0.4) is 0 Å². The highest BCUT2D eigenvalue weighted by molar-refractivity contribution is 5.83. The summed E-state index contributed by atoms with van der Waals surface area (Å²) in [5.41, 5.74) is 5.84. The quantitative estimate of drug-likeness (QED) is 0.483. The van der Waals surface area contributed by atoms with E-state index in [0.29, 0.717) is 0 Å². The van der Waals surface area contributed by atoms with Crippen molar-refractivity contribution in [2.75, 3.05) is 0 Å². The maximum absolute atomic E-state index is 4.56. The van der Waals surface area contributed by atoms with Crippen LogP contribution in [0.15, 0.2) is 83.9 Å². The molecule has 4 heteroatoms. The lowest BCUT2D eigenvalue weighted by Gasteiger charge is -1.98. The second kappa shape index (κ2) is 7.15. The summed E-state index contributed by atoms with van der Waals surface area (Å²) >= 11 is 0. The van der Waals surface area contributed by atoms with Crippen LogP contribution in [0.5, 0.6) is 0 Å². The van der Waals surface area contributed by atoms with Gasteiger partial charge in [-0.3, -0.25) is 4.99 Å². The first-order valence-electron chi connectivity index (χ1n) is 8.48. The molecule has 0 saturated carbocycles. The van der Waals surface area contributed by atoms with E-state index < -0.39 is 0 Å². The van der Waals surface area contributed by atoms with Gasteiger partial charge in [0, 0.05) is 6.21 Å². The molecule has 0 amide bonds. The van der Waals surface area contributed by atoms with Crippen molar-refractivity contribution in [2.45, 2.75) is 6.92 Å². The molecule has 0 atom stereocenters. The van der Waals surface area contributed by atoms with Gasteiger partial charge in [0.25, 0.3) is 0 Å². The van der Waals surface area contributed by atoms with Crippen LogP contribution in [0.25, 0.3) is 22.8 Å². The minimum absolute atomic E-state index is 0.826. The standard InChI is InChI=1S/C22H18N4/c1-17-9-12-20(13-10-17)26-24-21-14-11-19(16-22(21)25-26)23-15-5-8-18-6-3-2-4-7-18/h2-16H,1H3/b8-5-,23-15?. The molecule has 126 valence electrons. The topological polar surface area (TPSA) is 43.1 Å². The van der Waals surface area contributed by atoms with Gasteiger partial charge in [-0.05, 0) is 48.9 Å². The number of fused-ring (bicyclic) bond motifs is 1. The Labute approximate surface area is 152 Å². The largest absolute Gasteiger partial charge is 0.257 e. The minimum Gasteiger partial charge on any atom is -0.257 e. The molecule has 0 aliphatic carbocycles. The van der Waals surface area contributed by atoms with Crippen molar-refractivity contribution in [3.63, 3.8) is 0 Å². The Kier molecular flexibility index (Phi) is 4.39. The number of hydrogen-bond donors (Lipinski definition) is 0. The summed E-state index contributed by atoms with van der Waals surface area (Å²) in [7, 11) is 0. The molecule has 0 radical (unpaired) electrons. The molecular weight excluding hydrogens is 320 g/mol. The highest BCUT2D eigenvalue weighted by Gasteiger charge is 2.05. The number of aromatic nitrogens is 3. The predicted molar refractivity (Wildman–Crippen MR) is 107 cm³/mol. The van der Waals surface area contributed by atoms with Crippen molar-refractivity contribution in [1.29, 1.82) is 0 Å². The monoisotopic (exact) mass is 338 g/mol. The van der Waals surface area contributed by atoms with E-state index in [9.17, 15) is 0 Å². The molecule has 0 spiro atoms. The molecule has 0 fully saturated rings. The number of hydrogen-bond acceptors (Lipinski definition) is 3. The predicted octanol–water partition coefficient (Wildman–Crippen LogP) is 5.14. The molecular formula is C22H18N4. The van der Waals surface area contributed by atoms with Crippen LogP contribution in [0.2, 0.25) is 0 Å². The zero-order valence-corrected chi connectivity index (χ0v) is 14.4. The number of aryl methyl sites for hydroxylation is 1. The maximum Gasteiger partial charge on any atom is 0.115 e. The van der Waals surface area contributed by atoms with Crippen LogP contribution >= 0.6 is 0 Å². The highest BCUT2D eigenvalue weighted by atomic mass is 15.5. The molecule has 0 bridgehead atoms. The lowest BCUT2D eigenvalue weighted by Crippen LogP contribution is -1.97. The van der Waals surface area contributed by atoms with Crippen LogP contribution in [0.4, 0.5) is 5.69 Å². The number of allylic oxidation sites excluding steroid dienone is 1. The lowest BCUT2D eigenvalue weighted by atomic mass is 10.2. The van der Waals surface area contributed by atoms with E-state index >= 15 is 0 Å². The third kappa shape index (κ3) is 3.59. The van der Waals surface area contributed by atoms with Gasteiger partial charge in [-0.1, -0.05) is 54.1 Å². The number of rotatable bonds is 4. The maximum atomic E-state index is 4.56. The zero-order chi connectivity index (χ0) is 17.8. The summed E-state index contributed by atoms with van der Waals surface area (Å²) in [6.45, 7) is 2.06. The molecule has 1 aromatic heterocycles. The molecule has 26 heavy (non-hydrogen) atoms. The molecule has 4 nitrogen and oxygen atoms in total. The first kappa shape index (κ1) is 16.0. The SMILES string of the molecule is Cc1ccc(-n2nc3ccc(N=C/C=C\c4ccccc4)cc3n2)cc1. The molecule has 4 rings (SSSR count). The van der Waals surface area contributed by atoms with Crippen molar-refractivity contribution < 1.29 is 0 Å². The van der Waals surface area contributed by atoms with Crippen LogP contribution in [0.1, 0.15) is 11.1 Å². The van der Waals surface area contributed by atoms with Crippen LogP contribution < -0.4 is 0 Å². The Balaban J connectivity index is 1.55. The Bertz CT molecular complexity index is 1070. The summed E-state index contributed by atoms with van der Waals surface area (Å²) < 4.78 is 0. The van der Waals surface area contributed by atoms with Gasteiger partial charge in [0.2, 0.25) is 0 Å². The van der Waals surface area contributed by atoms with Crippen molar-refractivity contribution in [3.05, 3.63) is 90.0 Å². The van der Waals surface area contributed by atoms with Gasteiger partial charge >= 0.3 is 0 Å². The summed E-state index contributed by atoms with van der Waals surface area (Å²) in [6.07, 6.45) is 5.75. The second-order valence-corrected chi connectivity index (χ2v) is 6.05. The highest BCUT2D eigenvalue weighted by Crippen LogP contribution is 2.19. The summed E-state index contributed by atoms with van der Waals surface area (Å²) in [5, 5.41) is 9.09. The van der Waals surface area contributed by atoms with Gasteiger partial charge in [-0.25, -0.2) is 0 Å². The van der Waals surface area contributed by atoms with E-state index in [-0.39, 0.29) is 0 Å². The second-order valence-electron chi connectivity index (χ2n) is 6.05. The van der Waals surface area contributed by atoms with E-state index in [0.717, 1.165) is 28.0 Å². The average molecular weight is 338 g/mol. The average Bonchev–Trinajstić information content (AvgIpc) is 3.10. The first-order valence-corrected chi connectivity index (χ1v) is 8.48. The fourth-order valence-corrected chi connectivity index (χ4v) is 2.62. The van der Waals surface area contributed by atoms with Crippen molar-refractivity contribution >= 4 is 29.0 Å². The Morgan fingerprint density at radius 2 is 1.62 bits per heavy atom. The minimum atomic E-state index is 0.826. The first-order chi connectivity index (χ1) is 12.8. The fraction of sp³-hybridized carbons (Fsp3) is 0.0455. The smallest absolute Gasteiger partial charge is 0.115 e. The van der Waals surface area contributed by atoms with E-state index in [1.54, 1.807) is 11.0 Å². The normalized spacial score (nSPS) is 11.7. The summed E-state index contributed by atoms with van der Waals surface area (Å²) in [4.78, 5) is 6.14. The van der Waals surface area contributed by atoms with Crippen molar-refractivity contribution in [2.24, 2.45) is 4.99 Å². The molecule has 1 heterocycles. The third-order valence-electron chi connectivity index (χ3n) is 4.03. The molecule has 3 aromatic carbocycles. The van der Waals surface area contributed by atoms with E-state index in [2.05, 4.69) is 46.4 Å². The van der Waals surface area contributed by atoms with Crippen molar-refractivity contribution in [1.82, 2.24) is 15.0 Å². The summed E-state index contributed by atoms with van der Waals surface area (Å²) in [6, 6.07) is 24.1. The number of benzene rings is 3. The van der Waals surface area contributed by atoms with Gasteiger partial charge in [-0.2, -0.15) is 4.80 Å². The molecule has 4 aromatic rings. The van der Waals surface area contributed by atoms with E-state index in [1.165, 1.54) is 5.56 Å². The number of nitrogens with zero attached hydrogens (tertiary/aromatic N) is 4. The van der Waals surface area contributed by atoms with Gasteiger partial charge in [0.1, 0.15) is 11.0 Å².